The van der Waals surface area contributed by atoms with Gasteiger partial charge in [-0.1, -0.05) is 5.16 Å². The van der Waals surface area contributed by atoms with Gasteiger partial charge in [0, 0.05) is 13.1 Å². The molecule has 0 saturated carbocycles. The van der Waals surface area contributed by atoms with Gasteiger partial charge < -0.3 is 4.52 Å². The second kappa shape index (κ2) is 2.06. The Balaban J connectivity index is 2.85. The molecule has 9 heavy (non-hydrogen) atoms. The first-order valence-corrected chi connectivity index (χ1v) is 2.62. The second-order valence-corrected chi connectivity index (χ2v) is 1.91. The van der Waals surface area contributed by atoms with Crippen LogP contribution in [0.5, 0.6) is 0 Å². The van der Waals surface area contributed by atoms with Crippen LogP contribution < -0.4 is 10.9 Å². The van der Waals surface area contributed by atoms with Crippen molar-refractivity contribution >= 4 is 5.82 Å². The number of nitrogens with two attached hydrogens (primary N) is 1. The Bertz CT molecular complexity index is 194. The summed E-state index contributed by atoms with van der Waals surface area (Å²) >= 11 is 0. The molecule has 0 radical (unpaired) electrons. The SMILES string of the molecule is Cc1cc(N(C)N)no1. The van der Waals surface area contributed by atoms with Crippen LogP contribution in [0.2, 0.25) is 0 Å². The standard InChI is InChI=1S/C5H9N3O/c1-4-3-5(7-9-4)8(2)6/h3H,6H2,1-2H3. The van der Waals surface area contributed by atoms with Gasteiger partial charge in [0.05, 0.1) is 0 Å². The van der Waals surface area contributed by atoms with Crippen LogP contribution in [-0.2, 0) is 0 Å². The summed E-state index contributed by atoms with van der Waals surface area (Å²) in [6.45, 7) is 1.82. The fraction of sp³-hybridized carbons (Fsp3) is 0.400. The summed E-state index contributed by atoms with van der Waals surface area (Å²) in [6, 6.07) is 1.76. The third kappa shape index (κ3) is 1.20. The summed E-state index contributed by atoms with van der Waals surface area (Å²) < 4.78 is 4.75. The zero-order valence-corrected chi connectivity index (χ0v) is 5.46. The van der Waals surface area contributed by atoms with E-state index in [1.165, 1.54) is 5.01 Å². The monoisotopic (exact) mass is 127 g/mol. The van der Waals surface area contributed by atoms with E-state index in [4.69, 9.17) is 10.4 Å². The highest BCUT2D eigenvalue weighted by Gasteiger charge is 1.99. The molecule has 0 aliphatic heterocycles. The molecule has 4 nitrogen and oxygen atoms in total. The number of hydrogen-bond acceptors (Lipinski definition) is 4. The van der Waals surface area contributed by atoms with Crippen molar-refractivity contribution in [3.63, 3.8) is 0 Å². The highest BCUT2D eigenvalue weighted by molar-refractivity contribution is 5.33. The lowest BCUT2D eigenvalue weighted by Gasteiger charge is -2.03. The van der Waals surface area contributed by atoms with Crippen LogP contribution in [0.4, 0.5) is 5.82 Å². The van der Waals surface area contributed by atoms with Crippen molar-refractivity contribution in [2.45, 2.75) is 6.92 Å². The largest absolute Gasteiger partial charge is 0.360 e. The Kier molecular flexibility index (Phi) is 1.40. The lowest BCUT2D eigenvalue weighted by molar-refractivity contribution is 0.398. The maximum Gasteiger partial charge on any atom is 0.185 e. The fourth-order valence-corrected chi connectivity index (χ4v) is 0.519. The molecule has 0 aliphatic carbocycles. The minimum atomic E-state index is 0.646. The minimum Gasteiger partial charge on any atom is -0.360 e. The molecule has 0 spiro atoms. The molecule has 0 bridgehead atoms. The van der Waals surface area contributed by atoms with Crippen molar-refractivity contribution in [2.75, 3.05) is 12.1 Å². The normalized spacial score (nSPS) is 9.67. The Labute approximate surface area is 53.2 Å². The Morgan fingerprint density at radius 3 is 2.67 bits per heavy atom. The molecular formula is C5H9N3O. The van der Waals surface area contributed by atoms with Crippen molar-refractivity contribution < 1.29 is 4.52 Å². The van der Waals surface area contributed by atoms with E-state index in [9.17, 15) is 0 Å². The molecule has 1 aromatic heterocycles. The maximum absolute atomic E-state index is 5.34. The van der Waals surface area contributed by atoms with E-state index >= 15 is 0 Å². The summed E-state index contributed by atoms with van der Waals surface area (Å²) in [6.07, 6.45) is 0. The Hall–Kier alpha value is -1.03. The van der Waals surface area contributed by atoms with Crippen LogP contribution in [-0.4, -0.2) is 12.2 Å². The average molecular weight is 127 g/mol. The molecular weight excluding hydrogens is 118 g/mol. The first-order chi connectivity index (χ1) is 4.20. The van der Waals surface area contributed by atoms with Crippen molar-refractivity contribution in [1.29, 1.82) is 0 Å². The van der Waals surface area contributed by atoms with Gasteiger partial charge in [-0.25, -0.2) is 5.84 Å². The fourth-order valence-electron chi connectivity index (χ4n) is 0.519. The topological polar surface area (TPSA) is 55.3 Å². The van der Waals surface area contributed by atoms with Gasteiger partial charge in [0.2, 0.25) is 0 Å². The van der Waals surface area contributed by atoms with E-state index in [1.807, 2.05) is 6.92 Å². The molecule has 0 unspecified atom stereocenters. The number of anilines is 1. The van der Waals surface area contributed by atoms with E-state index in [0.29, 0.717) is 5.82 Å². The molecule has 2 N–H and O–H groups in total. The van der Waals surface area contributed by atoms with Crippen LogP contribution in [0.3, 0.4) is 0 Å². The molecule has 1 heterocycles. The molecule has 0 aromatic carbocycles. The summed E-state index contributed by atoms with van der Waals surface area (Å²) in [4.78, 5) is 0. The third-order valence-electron chi connectivity index (χ3n) is 0.977. The zero-order chi connectivity index (χ0) is 6.85. The van der Waals surface area contributed by atoms with Crippen LogP contribution in [0.15, 0.2) is 10.6 Å². The number of aryl methyl sites for hydroxylation is 1. The third-order valence-corrected chi connectivity index (χ3v) is 0.977. The van der Waals surface area contributed by atoms with Crippen LogP contribution in [0.25, 0.3) is 0 Å². The lowest BCUT2D eigenvalue weighted by atomic mass is 10.5. The summed E-state index contributed by atoms with van der Waals surface area (Å²) in [5, 5.41) is 5.04. The Morgan fingerprint density at radius 1 is 1.78 bits per heavy atom. The predicted octanol–water partition coefficient (Wildman–Crippen LogP) is 0.293. The maximum atomic E-state index is 5.34. The number of hydrazine groups is 1. The van der Waals surface area contributed by atoms with E-state index < -0.39 is 0 Å². The highest BCUT2D eigenvalue weighted by atomic mass is 16.5. The molecule has 1 aromatic rings. The molecule has 0 fully saturated rings. The van der Waals surface area contributed by atoms with Gasteiger partial charge in [-0.3, -0.25) is 5.01 Å². The van der Waals surface area contributed by atoms with Gasteiger partial charge in [0.1, 0.15) is 5.76 Å². The van der Waals surface area contributed by atoms with Crippen molar-refractivity contribution in [3.8, 4) is 0 Å². The van der Waals surface area contributed by atoms with Gasteiger partial charge in [-0.2, -0.15) is 0 Å². The first-order valence-electron chi connectivity index (χ1n) is 2.62. The van der Waals surface area contributed by atoms with Crippen LogP contribution >= 0.6 is 0 Å². The number of rotatable bonds is 1. The number of aromatic nitrogens is 1. The predicted molar refractivity (Wildman–Crippen MR) is 33.8 cm³/mol. The molecule has 1 rings (SSSR count). The van der Waals surface area contributed by atoms with Gasteiger partial charge >= 0.3 is 0 Å². The van der Waals surface area contributed by atoms with E-state index in [1.54, 1.807) is 13.1 Å². The van der Waals surface area contributed by atoms with E-state index in [0.717, 1.165) is 5.76 Å². The zero-order valence-electron chi connectivity index (χ0n) is 5.46. The Morgan fingerprint density at radius 2 is 2.44 bits per heavy atom. The highest BCUT2D eigenvalue weighted by Crippen LogP contribution is 2.07. The molecule has 0 amide bonds. The summed E-state index contributed by atoms with van der Waals surface area (Å²) in [5.74, 6) is 6.75. The first kappa shape index (κ1) is 6.10. The average Bonchev–Trinajstić information content (AvgIpc) is 2.14. The van der Waals surface area contributed by atoms with Crippen LogP contribution in [0.1, 0.15) is 5.76 Å². The van der Waals surface area contributed by atoms with Crippen molar-refractivity contribution in [1.82, 2.24) is 5.16 Å². The van der Waals surface area contributed by atoms with E-state index in [2.05, 4.69) is 5.16 Å². The van der Waals surface area contributed by atoms with Gasteiger partial charge in [-0.15, -0.1) is 0 Å². The molecule has 0 atom stereocenters. The lowest BCUT2D eigenvalue weighted by Crippen LogP contribution is -2.25. The molecule has 0 aliphatic rings. The van der Waals surface area contributed by atoms with Gasteiger partial charge in [-0.05, 0) is 6.92 Å². The number of nitrogens with zero attached hydrogens (tertiary/aromatic N) is 2. The second-order valence-electron chi connectivity index (χ2n) is 1.91. The molecule has 0 saturated heterocycles. The molecule has 4 heteroatoms. The van der Waals surface area contributed by atoms with Gasteiger partial charge in [0.25, 0.3) is 0 Å². The quantitative estimate of drug-likeness (QED) is 0.435. The van der Waals surface area contributed by atoms with Crippen molar-refractivity contribution in [2.24, 2.45) is 5.84 Å². The molecule has 50 valence electrons. The summed E-state index contributed by atoms with van der Waals surface area (Å²) in [7, 11) is 1.71. The van der Waals surface area contributed by atoms with Crippen molar-refractivity contribution in [3.05, 3.63) is 11.8 Å². The smallest absolute Gasteiger partial charge is 0.185 e. The summed E-state index contributed by atoms with van der Waals surface area (Å²) in [5.41, 5.74) is 0. The minimum absolute atomic E-state index is 0.646. The van der Waals surface area contributed by atoms with Crippen LogP contribution in [0, 0.1) is 6.92 Å². The number of hydrogen-bond donors (Lipinski definition) is 1. The van der Waals surface area contributed by atoms with Gasteiger partial charge in [0.15, 0.2) is 5.82 Å². The van der Waals surface area contributed by atoms with E-state index in [-0.39, 0.29) is 0 Å².